The number of carbonyl (C=O) groups is 1. The van der Waals surface area contributed by atoms with E-state index in [9.17, 15) is 4.79 Å². The fourth-order valence-electron chi connectivity index (χ4n) is 1.40. The lowest BCUT2D eigenvalue weighted by Crippen LogP contribution is -2.24. The molecule has 0 radical (unpaired) electrons. The van der Waals surface area contributed by atoms with Crippen LogP contribution in [0.2, 0.25) is 5.02 Å². The fourth-order valence-corrected chi connectivity index (χ4v) is 2.28. The molecule has 20 heavy (non-hydrogen) atoms. The van der Waals surface area contributed by atoms with Crippen LogP contribution in [0, 0.1) is 6.92 Å². The molecular formula is C14H13ClN2O2S. The molecule has 4 nitrogen and oxygen atoms in total. The Labute approximate surface area is 126 Å². The largest absolute Gasteiger partial charge is 0.484 e. The third-order valence-corrected chi connectivity index (χ3v) is 3.51. The van der Waals surface area contributed by atoms with Crippen LogP contribution in [0.25, 0.3) is 0 Å². The highest BCUT2D eigenvalue weighted by Gasteiger charge is 2.01. The van der Waals surface area contributed by atoms with Gasteiger partial charge in [-0.3, -0.25) is 4.79 Å². The summed E-state index contributed by atoms with van der Waals surface area (Å²) in [5.74, 6) is 0.270. The molecule has 0 saturated carbocycles. The summed E-state index contributed by atoms with van der Waals surface area (Å²) in [7, 11) is 0. The number of benzene rings is 1. The van der Waals surface area contributed by atoms with Gasteiger partial charge in [-0.1, -0.05) is 11.6 Å². The molecule has 0 unspecified atom stereocenters. The Balaban J connectivity index is 1.75. The van der Waals surface area contributed by atoms with Crippen LogP contribution in [-0.4, -0.2) is 18.7 Å². The standard InChI is InChI=1S/C14H13ClN2O2S/c1-10-2-7-13(20-10)8-16-17-14(18)9-19-12-5-3-11(15)4-6-12/h2-8H,9H2,1H3,(H,17,18)/b16-8+. The molecule has 0 bridgehead atoms. The summed E-state index contributed by atoms with van der Waals surface area (Å²) in [6.45, 7) is 1.92. The van der Waals surface area contributed by atoms with Gasteiger partial charge in [0.15, 0.2) is 6.61 Å². The summed E-state index contributed by atoms with van der Waals surface area (Å²) in [4.78, 5) is 13.7. The van der Waals surface area contributed by atoms with E-state index in [4.69, 9.17) is 16.3 Å². The molecule has 104 valence electrons. The second kappa shape index (κ2) is 7.07. The first-order valence-corrected chi connectivity index (χ1v) is 7.09. The van der Waals surface area contributed by atoms with E-state index >= 15 is 0 Å². The van der Waals surface area contributed by atoms with Crippen molar-refractivity contribution in [3.63, 3.8) is 0 Å². The van der Waals surface area contributed by atoms with Crippen LogP contribution >= 0.6 is 22.9 Å². The lowest BCUT2D eigenvalue weighted by atomic mass is 10.3. The van der Waals surface area contributed by atoms with Crippen LogP contribution in [0.1, 0.15) is 9.75 Å². The minimum Gasteiger partial charge on any atom is -0.484 e. The Morgan fingerprint density at radius 2 is 2.10 bits per heavy atom. The molecule has 0 fully saturated rings. The van der Waals surface area contributed by atoms with E-state index in [-0.39, 0.29) is 12.5 Å². The Morgan fingerprint density at radius 3 is 2.75 bits per heavy atom. The monoisotopic (exact) mass is 308 g/mol. The first-order chi connectivity index (χ1) is 9.63. The molecule has 0 saturated heterocycles. The van der Waals surface area contributed by atoms with Crippen LogP contribution in [0.3, 0.4) is 0 Å². The minimum absolute atomic E-state index is 0.0948. The molecule has 6 heteroatoms. The van der Waals surface area contributed by atoms with E-state index in [1.54, 1.807) is 41.8 Å². The molecule has 2 aromatic rings. The highest BCUT2D eigenvalue weighted by Crippen LogP contribution is 2.15. The van der Waals surface area contributed by atoms with Crippen molar-refractivity contribution in [2.24, 2.45) is 5.10 Å². The first kappa shape index (κ1) is 14.6. The zero-order valence-electron chi connectivity index (χ0n) is 10.8. The maximum atomic E-state index is 11.5. The van der Waals surface area contributed by atoms with E-state index in [2.05, 4.69) is 10.5 Å². The molecule has 2 rings (SSSR count). The molecule has 0 aliphatic heterocycles. The van der Waals surface area contributed by atoms with Crippen molar-refractivity contribution in [1.82, 2.24) is 5.43 Å². The van der Waals surface area contributed by atoms with Gasteiger partial charge >= 0.3 is 0 Å². The van der Waals surface area contributed by atoms with Gasteiger partial charge in [-0.2, -0.15) is 5.10 Å². The lowest BCUT2D eigenvalue weighted by Gasteiger charge is -2.04. The number of hydrogen-bond donors (Lipinski definition) is 1. The number of aryl methyl sites for hydroxylation is 1. The summed E-state index contributed by atoms with van der Waals surface area (Å²) in [6.07, 6.45) is 1.61. The summed E-state index contributed by atoms with van der Waals surface area (Å²) in [6, 6.07) is 10.7. The topological polar surface area (TPSA) is 50.7 Å². The molecule has 1 amide bonds. The zero-order chi connectivity index (χ0) is 14.4. The molecule has 1 N–H and O–H groups in total. The van der Waals surface area contributed by atoms with Crippen molar-refractivity contribution in [3.8, 4) is 5.75 Å². The van der Waals surface area contributed by atoms with Crippen molar-refractivity contribution in [3.05, 3.63) is 51.2 Å². The molecule has 1 aromatic heterocycles. The van der Waals surface area contributed by atoms with Gasteiger partial charge in [-0.05, 0) is 43.3 Å². The molecule has 0 aliphatic rings. The van der Waals surface area contributed by atoms with Crippen LogP contribution in [0.4, 0.5) is 0 Å². The number of hydrogen-bond acceptors (Lipinski definition) is 4. The number of halogens is 1. The van der Waals surface area contributed by atoms with Crippen molar-refractivity contribution in [1.29, 1.82) is 0 Å². The van der Waals surface area contributed by atoms with Gasteiger partial charge in [0.2, 0.25) is 0 Å². The molecule has 0 spiro atoms. The highest BCUT2D eigenvalue weighted by molar-refractivity contribution is 7.13. The average Bonchev–Trinajstić information content (AvgIpc) is 2.84. The molecule has 1 aromatic carbocycles. The van der Waals surface area contributed by atoms with Crippen molar-refractivity contribution in [2.75, 3.05) is 6.61 Å². The number of amides is 1. The van der Waals surface area contributed by atoms with E-state index in [1.807, 2.05) is 19.1 Å². The Bertz CT molecular complexity index is 608. The minimum atomic E-state index is -0.315. The van der Waals surface area contributed by atoms with Crippen molar-refractivity contribution >= 4 is 35.1 Å². The van der Waals surface area contributed by atoms with Gasteiger partial charge in [-0.25, -0.2) is 5.43 Å². The van der Waals surface area contributed by atoms with E-state index in [0.29, 0.717) is 10.8 Å². The summed E-state index contributed by atoms with van der Waals surface area (Å²) >= 11 is 7.36. The average molecular weight is 309 g/mol. The van der Waals surface area contributed by atoms with Gasteiger partial charge in [0.05, 0.1) is 6.21 Å². The van der Waals surface area contributed by atoms with Crippen LogP contribution < -0.4 is 10.2 Å². The molecule has 1 heterocycles. The van der Waals surface area contributed by atoms with Crippen LogP contribution in [0.5, 0.6) is 5.75 Å². The molecule has 0 aliphatic carbocycles. The zero-order valence-corrected chi connectivity index (χ0v) is 12.4. The summed E-state index contributed by atoms with van der Waals surface area (Å²) < 4.78 is 5.29. The Morgan fingerprint density at radius 1 is 1.35 bits per heavy atom. The quantitative estimate of drug-likeness (QED) is 0.681. The molecule has 0 atom stereocenters. The van der Waals surface area contributed by atoms with Crippen molar-refractivity contribution in [2.45, 2.75) is 6.92 Å². The third kappa shape index (κ3) is 4.68. The lowest BCUT2D eigenvalue weighted by molar-refractivity contribution is -0.123. The van der Waals surface area contributed by atoms with E-state index in [0.717, 1.165) is 4.88 Å². The van der Waals surface area contributed by atoms with Crippen LogP contribution in [0.15, 0.2) is 41.5 Å². The van der Waals surface area contributed by atoms with Gasteiger partial charge in [0, 0.05) is 14.8 Å². The predicted molar refractivity (Wildman–Crippen MR) is 81.7 cm³/mol. The van der Waals surface area contributed by atoms with Gasteiger partial charge in [0.1, 0.15) is 5.75 Å². The fraction of sp³-hybridized carbons (Fsp3) is 0.143. The number of thiophene rings is 1. The summed E-state index contributed by atoms with van der Waals surface area (Å²) in [5.41, 5.74) is 2.41. The number of nitrogens with zero attached hydrogens (tertiary/aromatic N) is 1. The van der Waals surface area contributed by atoms with Gasteiger partial charge in [0.25, 0.3) is 5.91 Å². The number of nitrogens with one attached hydrogen (secondary N) is 1. The second-order valence-corrected chi connectivity index (χ2v) is 5.74. The van der Waals surface area contributed by atoms with E-state index in [1.165, 1.54) is 4.88 Å². The third-order valence-electron chi connectivity index (χ3n) is 2.33. The molecular weight excluding hydrogens is 296 g/mol. The number of ether oxygens (including phenoxy) is 1. The van der Waals surface area contributed by atoms with Gasteiger partial charge in [-0.15, -0.1) is 11.3 Å². The van der Waals surface area contributed by atoms with Crippen LogP contribution in [-0.2, 0) is 4.79 Å². The normalized spacial score (nSPS) is 10.7. The predicted octanol–water partition coefficient (Wildman–Crippen LogP) is 3.24. The maximum absolute atomic E-state index is 11.5. The first-order valence-electron chi connectivity index (χ1n) is 5.90. The SMILES string of the molecule is Cc1ccc(/C=N/NC(=O)COc2ccc(Cl)cc2)s1. The Hall–Kier alpha value is -1.85. The Kier molecular flexibility index (Phi) is 5.15. The summed E-state index contributed by atoms with van der Waals surface area (Å²) in [5, 5.41) is 4.49. The second-order valence-electron chi connectivity index (χ2n) is 3.98. The number of carbonyl (C=O) groups excluding carboxylic acids is 1. The smallest absolute Gasteiger partial charge is 0.277 e. The highest BCUT2D eigenvalue weighted by atomic mass is 35.5. The van der Waals surface area contributed by atoms with Gasteiger partial charge < -0.3 is 4.74 Å². The number of rotatable bonds is 5. The van der Waals surface area contributed by atoms with E-state index < -0.39 is 0 Å². The maximum Gasteiger partial charge on any atom is 0.277 e. The van der Waals surface area contributed by atoms with Crippen molar-refractivity contribution < 1.29 is 9.53 Å². The number of hydrazone groups is 1.